The molecule has 1 aromatic heterocycles. The molecule has 28 heavy (non-hydrogen) atoms. The highest BCUT2D eigenvalue weighted by atomic mass is 127. The van der Waals surface area contributed by atoms with E-state index < -0.39 is 6.55 Å². The van der Waals surface area contributed by atoms with Gasteiger partial charge in [0.15, 0.2) is 5.96 Å². The van der Waals surface area contributed by atoms with Gasteiger partial charge in [-0.25, -0.2) is 9.98 Å². The fourth-order valence-electron chi connectivity index (χ4n) is 3.21. The standard InChI is InChI=1S/C19H25F2N5O.HI/c1-4-22-18(24-12-16-23-9-10-26(16)17(20)21)25-14-11-19(2,3)27-15-8-6-5-7-13(14)15;/h5-10,14,17H,4,11-12H2,1-3H3,(H2,22,24,25);1H. The monoisotopic (exact) mass is 505 g/mol. The number of aliphatic imine (C=N–C) groups is 1. The van der Waals surface area contributed by atoms with Crippen molar-refractivity contribution in [2.75, 3.05) is 6.54 Å². The van der Waals surface area contributed by atoms with Crippen LogP contribution in [0.2, 0.25) is 0 Å². The largest absolute Gasteiger partial charge is 0.487 e. The lowest BCUT2D eigenvalue weighted by molar-refractivity contribution is 0.0668. The second kappa shape index (κ2) is 9.53. The van der Waals surface area contributed by atoms with Crippen molar-refractivity contribution in [1.82, 2.24) is 20.2 Å². The van der Waals surface area contributed by atoms with E-state index in [1.54, 1.807) is 0 Å². The number of para-hydroxylation sites is 1. The van der Waals surface area contributed by atoms with Crippen molar-refractivity contribution in [3.8, 4) is 5.75 Å². The van der Waals surface area contributed by atoms with Gasteiger partial charge in [-0.3, -0.25) is 4.57 Å². The number of fused-ring (bicyclic) bond motifs is 1. The molecule has 154 valence electrons. The van der Waals surface area contributed by atoms with E-state index in [1.807, 2.05) is 45.0 Å². The number of hydrogen-bond donors (Lipinski definition) is 2. The van der Waals surface area contributed by atoms with E-state index in [1.165, 1.54) is 12.4 Å². The maximum Gasteiger partial charge on any atom is 0.319 e. The van der Waals surface area contributed by atoms with Gasteiger partial charge in [0.2, 0.25) is 0 Å². The second-order valence-electron chi connectivity index (χ2n) is 7.02. The molecular formula is C19H26F2IN5O. The molecule has 2 N–H and O–H groups in total. The van der Waals surface area contributed by atoms with E-state index in [9.17, 15) is 8.78 Å². The molecule has 2 aromatic rings. The van der Waals surface area contributed by atoms with Gasteiger partial charge in [-0.2, -0.15) is 8.78 Å². The summed E-state index contributed by atoms with van der Waals surface area (Å²) in [6.45, 7) is 4.13. The first kappa shape index (κ1) is 22.4. The van der Waals surface area contributed by atoms with Crippen LogP contribution in [-0.2, 0) is 6.54 Å². The number of hydrogen-bond acceptors (Lipinski definition) is 3. The maximum absolute atomic E-state index is 13.0. The average molecular weight is 505 g/mol. The Labute approximate surface area is 180 Å². The lowest BCUT2D eigenvalue weighted by Crippen LogP contribution is -2.45. The van der Waals surface area contributed by atoms with Gasteiger partial charge in [-0.05, 0) is 26.8 Å². The topological polar surface area (TPSA) is 63.5 Å². The summed E-state index contributed by atoms with van der Waals surface area (Å²) in [4.78, 5) is 8.43. The van der Waals surface area contributed by atoms with Gasteiger partial charge in [0.1, 0.15) is 23.7 Å². The lowest BCUT2D eigenvalue weighted by Gasteiger charge is -2.38. The molecule has 6 nitrogen and oxygen atoms in total. The van der Waals surface area contributed by atoms with Crippen molar-refractivity contribution in [2.45, 2.75) is 51.9 Å². The predicted molar refractivity (Wildman–Crippen MR) is 115 cm³/mol. The number of imidazole rings is 1. The number of nitrogens with one attached hydrogen (secondary N) is 2. The Bertz CT molecular complexity index is 809. The van der Waals surface area contributed by atoms with Crippen LogP contribution in [0.1, 0.15) is 51.2 Å². The highest BCUT2D eigenvalue weighted by molar-refractivity contribution is 14.0. The molecule has 1 aliphatic rings. The van der Waals surface area contributed by atoms with Crippen LogP contribution in [0.4, 0.5) is 8.78 Å². The third kappa shape index (κ3) is 5.33. The summed E-state index contributed by atoms with van der Waals surface area (Å²) >= 11 is 0. The van der Waals surface area contributed by atoms with Crippen LogP contribution >= 0.6 is 24.0 Å². The summed E-state index contributed by atoms with van der Waals surface area (Å²) in [5.74, 6) is 1.61. The lowest BCUT2D eigenvalue weighted by atomic mass is 9.90. The minimum absolute atomic E-state index is 0. The summed E-state index contributed by atoms with van der Waals surface area (Å²) in [7, 11) is 0. The zero-order chi connectivity index (χ0) is 19.4. The number of alkyl halides is 2. The summed E-state index contributed by atoms with van der Waals surface area (Å²) in [6, 6.07) is 7.89. The van der Waals surface area contributed by atoms with Crippen LogP contribution in [0.25, 0.3) is 0 Å². The minimum Gasteiger partial charge on any atom is -0.487 e. The zero-order valence-corrected chi connectivity index (χ0v) is 18.5. The Hall–Kier alpha value is -1.91. The van der Waals surface area contributed by atoms with Crippen molar-refractivity contribution in [3.05, 3.63) is 48.0 Å². The number of nitrogens with zero attached hydrogens (tertiary/aromatic N) is 3. The summed E-state index contributed by atoms with van der Waals surface area (Å²) < 4.78 is 32.8. The molecular weight excluding hydrogens is 479 g/mol. The van der Waals surface area contributed by atoms with Crippen molar-refractivity contribution < 1.29 is 13.5 Å². The number of ether oxygens (including phenoxy) is 1. The Morgan fingerprint density at radius 2 is 2.14 bits per heavy atom. The molecule has 9 heteroatoms. The van der Waals surface area contributed by atoms with Gasteiger partial charge in [0.25, 0.3) is 0 Å². The van der Waals surface area contributed by atoms with E-state index in [2.05, 4.69) is 20.6 Å². The minimum atomic E-state index is -2.63. The quantitative estimate of drug-likeness (QED) is 0.363. The third-order valence-electron chi connectivity index (χ3n) is 4.37. The van der Waals surface area contributed by atoms with E-state index in [0.717, 1.165) is 22.3 Å². The predicted octanol–water partition coefficient (Wildman–Crippen LogP) is 4.25. The Kier molecular flexibility index (Phi) is 7.62. The molecule has 2 heterocycles. The molecule has 3 rings (SSSR count). The summed E-state index contributed by atoms with van der Waals surface area (Å²) in [5.41, 5.74) is 0.728. The molecule has 0 fully saturated rings. The van der Waals surface area contributed by atoms with Gasteiger partial charge < -0.3 is 15.4 Å². The van der Waals surface area contributed by atoms with Gasteiger partial charge in [-0.15, -0.1) is 24.0 Å². The Balaban J connectivity index is 0.00000280. The van der Waals surface area contributed by atoms with Crippen molar-refractivity contribution in [1.29, 1.82) is 0 Å². The number of halogens is 3. The summed E-state index contributed by atoms with van der Waals surface area (Å²) in [6.07, 6.45) is 3.36. The van der Waals surface area contributed by atoms with Crippen molar-refractivity contribution in [3.63, 3.8) is 0 Å². The first-order chi connectivity index (χ1) is 12.9. The molecule has 0 aliphatic carbocycles. The zero-order valence-electron chi connectivity index (χ0n) is 16.2. The molecule has 0 saturated carbocycles. The second-order valence-corrected chi connectivity index (χ2v) is 7.02. The van der Waals surface area contributed by atoms with Crippen molar-refractivity contribution >= 4 is 29.9 Å². The van der Waals surface area contributed by atoms with Crippen LogP contribution in [0.15, 0.2) is 41.7 Å². The third-order valence-corrected chi connectivity index (χ3v) is 4.37. The van der Waals surface area contributed by atoms with E-state index in [-0.39, 0.29) is 48.0 Å². The Morgan fingerprint density at radius 3 is 2.86 bits per heavy atom. The fraction of sp³-hybridized carbons (Fsp3) is 0.474. The number of aromatic nitrogens is 2. The Morgan fingerprint density at radius 1 is 1.39 bits per heavy atom. The fourth-order valence-corrected chi connectivity index (χ4v) is 3.21. The molecule has 1 unspecified atom stereocenters. The first-order valence-electron chi connectivity index (χ1n) is 9.02. The van der Waals surface area contributed by atoms with Crippen molar-refractivity contribution in [2.24, 2.45) is 4.99 Å². The van der Waals surface area contributed by atoms with Crippen LogP contribution in [-0.4, -0.2) is 27.7 Å². The molecule has 1 atom stereocenters. The van der Waals surface area contributed by atoms with Crippen LogP contribution in [0.3, 0.4) is 0 Å². The highest BCUT2D eigenvalue weighted by Gasteiger charge is 2.34. The smallest absolute Gasteiger partial charge is 0.319 e. The van der Waals surface area contributed by atoms with Crippen LogP contribution in [0.5, 0.6) is 5.75 Å². The maximum atomic E-state index is 13.0. The molecule has 0 saturated heterocycles. The van der Waals surface area contributed by atoms with Crippen LogP contribution in [0, 0.1) is 0 Å². The van der Waals surface area contributed by atoms with E-state index >= 15 is 0 Å². The number of rotatable bonds is 5. The molecule has 0 spiro atoms. The number of guanidine groups is 1. The first-order valence-corrected chi connectivity index (χ1v) is 9.02. The summed E-state index contributed by atoms with van der Waals surface area (Å²) in [5, 5.41) is 6.59. The molecule has 1 aromatic carbocycles. The van der Waals surface area contributed by atoms with Gasteiger partial charge in [0, 0.05) is 30.9 Å². The number of benzene rings is 1. The normalized spacial score (nSPS) is 18.1. The van der Waals surface area contributed by atoms with Crippen LogP contribution < -0.4 is 15.4 Å². The highest BCUT2D eigenvalue weighted by Crippen LogP contribution is 2.39. The molecule has 1 aliphatic heterocycles. The van der Waals surface area contributed by atoms with E-state index in [0.29, 0.717) is 12.5 Å². The average Bonchev–Trinajstić information content (AvgIpc) is 3.08. The van der Waals surface area contributed by atoms with E-state index in [4.69, 9.17) is 4.74 Å². The van der Waals surface area contributed by atoms with Gasteiger partial charge in [-0.1, -0.05) is 18.2 Å². The van der Waals surface area contributed by atoms with Gasteiger partial charge >= 0.3 is 6.55 Å². The van der Waals surface area contributed by atoms with Gasteiger partial charge in [0.05, 0.1) is 6.04 Å². The molecule has 0 amide bonds. The molecule has 0 bridgehead atoms. The SMILES string of the molecule is CCNC(=NCc1nccn1C(F)F)NC1CC(C)(C)Oc2ccccc21.I. The molecule has 0 radical (unpaired) electrons.